The van der Waals surface area contributed by atoms with Crippen LogP contribution in [-0.4, -0.2) is 95.7 Å². The minimum Gasteiger partial charge on any atom is -0.542 e. The number of rotatable bonds is 45. The Morgan fingerprint density at radius 1 is 0.567 bits per heavy atom. The standard InChI is InChI=1S/C17H34O.C14H28O2.C9H17NO2.C9H20O.2C8H17.C6H11O.C6H10.C4H8O2.C3H5O.2U/c1-6-10-11-13-16(15(5)8-3)14-18-17(9-4)12-7-2;1-4-6-7-8-9-10-11-16-14(15)12-13(3)5-2;1-8(11)12-9-5-3-4-6-10(2)7-9;1-3-4-5-6-7-8-9-10-2;2*1-3-5-7-8-6-4-2;1-3-6(2)4-5-7;1-2-3-6-4-5-6;1-3-4(5)6-2;1-2-3-4;;/h12,15-16H,6-11,13-14H2,1-5H3;13H,4-12H2,1-3H3;9H,3-7H2,1-2H3;3-9H2,1-2H3;2*1,3-8H2,2H3;6H,3-4H2,1-2H3;3H,2,4-5H2,1H3;3H2,1-2H3;2H2,1H3;;/q;;;;3*-1;;;-1;2*+2. The van der Waals surface area contributed by atoms with Gasteiger partial charge in [-0.25, -0.2) is 0 Å². The molecular weight excluding hydrogens is 1660 g/mol. The number of nitrogens with zero attached hydrogens (tertiary/aromatic N) is 1. The van der Waals surface area contributed by atoms with Gasteiger partial charge in [-0.3, -0.25) is 27.0 Å². The molecular formula is C84H167NO10U2. The van der Waals surface area contributed by atoms with Gasteiger partial charge < -0.3 is 52.0 Å². The second kappa shape index (κ2) is 106. The molecule has 2 aliphatic rings. The maximum Gasteiger partial charge on any atom is 2.00 e. The largest absolute Gasteiger partial charge is 2.00 e. The van der Waals surface area contributed by atoms with E-state index in [0.717, 1.165) is 89.5 Å². The van der Waals surface area contributed by atoms with Gasteiger partial charge >= 0.3 is 80.1 Å². The van der Waals surface area contributed by atoms with Crippen LogP contribution in [0.15, 0.2) is 23.5 Å². The predicted octanol–water partition coefficient (Wildman–Crippen LogP) is 25.4. The van der Waals surface area contributed by atoms with E-state index >= 15 is 0 Å². The van der Waals surface area contributed by atoms with E-state index in [0.29, 0.717) is 44.1 Å². The number of esters is 3. The molecule has 1 aliphatic carbocycles. The monoisotopic (exact) mass is 1830 g/mol. The number of carbonyl (C=O) groups excluding carboxylic acids is 5. The summed E-state index contributed by atoms with van der Waals surface area (Å²) >= 11 is 0. The van der Waals surface area contributed by atoms with E-state index in [1.165, 1.54) is 219 Å². The van der Waals surface area contributed by atoms with Crippen LogP contribution in [0.25, 0.3) is 0 Å². The van der Waals surface area contributed by atoms with E-state index in [1.807, 2.05) is 13.2 Å². The van der Waals surface area contributed by atoms with Crippen molar-refractivity contribution in [3.05, 3.63) is 37.3 Å². The van der Waals surface area contributed by atoms with Gasteiger partial charge in [0.15, 0.2) is 0 Å². The third-order valence-electron chi connectivity index (χ3n) is 16.3. The van der Waals surface area contributed by atoms with Crippen LogP contribution in [0, 0.1) is 99.7 Å². The van der Waals surface area contributed by atoms with Crippen LogP contribution in [0.1, 0.15) is 394 Å². The topological polar surface area (TPSA) is 135 Å². The fourth-order valence-electron chi connectivity index (χ4n) is 9.02. The molecule has 0 aromatic rings. The number of methoxy groups -OCH3 is 2. The van der Waals surface area contributed by atoms with Gasteiger partial charge in [0.2, 0.25) is 0 Å². The molecule has 5 unspecified atom stereocenters. The van der Waals surface area contributed by atoms with Gasteiger partial charge in [0.1, 0.15) is 6.10 Å². The third kappa shape index (κ3) is 119. The molecule has 0 radical (unpaired) electrons. The van der Waals surface area contributed by atoms with Crippen molar-refractivity contribution in [1.29, 1.82) is 0 Å². The van der Waals surface area contributed by atoms with Crippen LogP contribution in [0.2, 0.25) is 0 Å². The molecule has 0 N–H and O–H groups in total. The Labute approximate surface area is 655 Å². The predicted molar refractivity (Wildman–Crippen MR) is 415 cm³/mol. The van der Waals surface area contributed by atoms with Crippen molar-refractivity contribution >= 4 is 30.5 Å². The average Bonchev–Trinajstić information content (AvgIpc) is 2.76. The fourth-order valence-corrected chi connectivity index (χ4v) is 9.02. The van der Waals surface area contributed by atoms with Crippen molar-refractivity contribution in [2.24, 2.45) is 23.7 Å². The van der Waals surface area contributed by atoms with Crippen molar-refractivity contribution < 1.29 is 110 Å². The average molecular weight is 1830 g/mol. The minimum absolute atomic E-state index is 0. The van der Waals surface area contributed by atoms with Crippen LogP contribution >= 0.6 is 0 Å². The number of hydrogen-bond donors (Lipinski definition) is 0. The number of carbonyl (C=O) groups is 3. The number of ether oxygens (including phenoxy) is 5. The summed E-state index contributed by atoms with van der Waals surface area (Å²) in [4.78, 5) is 52.9. The Morgan fingerprint density at radius 2 is 1.03 bits per heavy atom. The van der Waals surface area contributed by atoms with Gasteiger partial charge in [-0.05, 0) is 102 Å². The number of likely N-dealkylation sites (N-methyl/N-ethyl adjacent to an activating group) is 1. The Bertz CT molecular complexity index is 1500. The normalized spacial score (nSPS) is 13.6. The van der Waals surface area contributed by atoms with Crippen LogP contribution in [-0.2, 0) is 47.7 Å². The van der Waals surface area contributed by atoms with Crippen molar-refractivity contribution in [2.45, 2.75) is 400 Å². The van der Waals surface area contributed by atoms with E-state index in [1.54, 1.807) is 32.8 Å². The smallest absolute Gasteiger partial charge is 0.542 e. The molecule has 1 saturated carbocycles. The number of allylic oxidation sites excluding steroid dienone is 4. The van der Waals surface area contributed by atoms with Crippen molar-refractivity contribution in [3.8, 4) is 0 Å². The van der Waals surface area contributed by atoms with E-state index < -0.39 is 0 Å². The zero-order valence-corrected chi connectivity index (χ0v) is 76.8. The molecule has 0 aromatic carbocycles. The maximum absolute atomic E-state index is 11.3. The summed E-state index contributed by atoms with van der Waals surface area (Å²) in [6.07, 6.45) is 60.1. The molecule has 1 saturated heterocycles. The Balaban J connectivity index is -0.000000111. The number of unbranched alkanes of at least 4 members (excludes halogenated alkanes) is 22. The van der Waals surface area contributed by atoms with Gasteiger partial charge in [0.25, 0.3) is 0 Å². The van der Waals surface area contributed by atoms with Crippen molar-refractivity contribution in [1.82, 2.24) is 4.90 Å². The minimum atomic E-state index is -0.157. The van der Waals surface area contributed by atoms with Gasteiger partial charge in [-0.2, -0.15) is 19.3 Å². The van der Waals surface area contributed by atoms with Crippen molar-refractivity contribution in [3.63, 3.8) is 0 Å². The first kappa shape index (κ1) is 117. The summed E-state index contributed by atoms with van der Waals surface area (Å²) in [7, 11) is 5.22. The summed E-state index contributed by atoms with van der Waals surface area (Å²) < 4.78 is 25.6. The molecule has 1 aliphatic heterocycles. The van der Waals surface area contributed by atoms with E-state index in [4.69, 9.17) is 23.7 Å². The third-order valence-corrected chi connectivity index (χ3v) is 16.3. The molecule has 2 fully saturated rings. The molecule has 5 atom stereocenters. The molecule has 0 amide bonds. The first-order valence-electron chi connectivity index (χ1n) is 39.6. The summed E-state index contributed by atoms with van der Waals surface area (Å²) in [5.41, 5.74) is 1.66. The van der Waals surface area contributed by atoms with Crippen LogP contribution in [0.4, 0.5) is 0 Å². The van der Waals surface area contributed by atoms with Gasteiger partial charge in [-0.15, -0.1) is 6.42 Å². The molecule has 11 nitrogen and oxygen atoms in total. The SMILES string of the molecule is CC(=O)OC1CCCCN(C)C1.CCC(=O)OC.CCC(C)C[C-]=O.CCC=C(CC)OCC(CCCCC)C(C)CC.CCC=C1CC1.CCCCCCCCOC.CCCCCCCCOC(=O)CC(C)CC.CC[C-]=O.[CH2-]CCCCCCC.[CH2-]CCCCCCC.[U+2].[U+2]. The molecule has 0 spiro atoms. The number of hydrogen-bond acceptors (Lipinski definition) is 11. The Morgan fingerprint density at radius 3 is 1.37 bits per heavy atom. The maximum atomic E-state index is 11.3. The first-order chi connectivity index (χ1) is 45.8. The Kier molecular flexibility index (Phi) is 128. The van der Waals surface area contributed by atoms with Gasteiger partial charge in [0, 0.05) is 46.4 Å². The summed E-state index contributed by atoms with van der Waals surface area (Å²) in [6, 6.07) is 0. The second-order valence-corrected chi connectivity index (χ2v) is 25.9. The number of likely N-dealkylation sites (tertiary alicyclic amines) is 1. The Hall–Kier alpha value is -0.946. The van der Waals surface area contributed by atoms with Crippen LogP contribution < -0.4 is 0 Å². The summed E-state index contributed by atoms with van der Waals surface area (Å²) in [5, 5.41) is 0. The molecule has 97 heavy (non-hydrogen) atoms. The molecule has 0 aromatic heterocycles. The summed E-state index contributed by atoms with van der Waals surface area (Å²) in [6.45, 7) is 47.8. The van der Waals surface area contributed by atoms with Crippen LogP contribution in [0.5, 0.6) is 0 Å². The zero-order chi connectivity index (χ0) is 73.7. The van der Waals surface area contributed by atoms with Crippen molar-refractivity contribution in [2.75, 3.05) is 54.2 Å². The molecule has 0 bridgehead atoms. The van der Waals surface area contributed by atoms with E-state index in [2.05, 4.69) is 133 Å². The van der Waals surface area contributed by atoms with E-state index in [9.17, 15) is 19.2 Å². The van der Waals surface area contributed by atoms with E-state index in [-0.39, 0.29) is 86.2 Å². The van der Waals surface area contributed by atoms with Crippen LogP contribution in [0.3, 0.4) is 0 Å². The molecule has 576 valence electrons. The second-order valence-electron chi connectivity index (χ2n) is 25.9. The first-order valence-corrected chi connectivity index (χ1v) is 39.6. The quantitative estimate of drug-likeness (QED) is 0.0144. The summed E-state index contributed by atoms with van der Waals surface area (Å²) in [5.74, 6) is 3.33. The molecule has 1 heterocycles. The fraction of sp³-hybridized carbons (Fsp3) is 0.869. The zero-order valence-electron chi connectivity index (χ0n) is 68.4. The van der Waals surface area contributed by atoms with Gasteiger partial charge in [0.05, 0.1) is 26.1 Å². The molecule has 13 heteroatoms. The van der Waals surface area contributed by atoms with Gasteiger partial charge in [-0.1, -0.05) is 295 Å². The molecule has 2 rings (SSSR count).